The second-order valence-electron chi connectivity index (χ2n) is 6.37. The van der Waals surface area contributed by atoms with Gasteiger partial charge >= 0.3 is 0 Å². The Kier molecular flexibility index (Phi) is 6.03. The van der Waals surface area contributed by atoms with Crippen molar-refractivity contribution in [3.63, 3.8) is 0 Å². The zero-order valence-corrected chi connectivity index (χ0v) is 13.4. The summed E-state index contributed by atoms with van der Waals surface area (Å²) in [4.78, 5) is 4.53. The Hall–Kier alpha value is -0.890. The molecule has 2 nitrogen and oxygen atoms in total. The monoisotopic (exact) mass is 274 g/mol. The molecule has 0 aromatic carbocycles. The summed E-state index contributed by atoms with van der Waals surface area (Å²) >= 11 is 0. The zero-order chi connectivity index (χ0) is 14.4. The molecule has 1 fully saturated rings. The molecule has 0 radical (unpaired) electrons. The molecule has 112 valence electrons. The third-order valence-electron chi connectivity index (χ3n) is 4.45. The molecule has 2 rings (SSSR count). The number of pyridine rings is 1. The van der Waals surface area contributed by atoms with Crippen molar-refractivity contribution in [3.8, 4) is 0 Å². The molecule has 0 saturated heterocycles. The summed E-state index contributed by atoms with van der Waals surface area (Å²) in [6, 6.07) is 5.09. The summed E-state index contributed by atoms with van der Waals surface area (Å²) in [7, 11) is 0. The first-order valence-electron chi connectivity index (χ1n) is 8.39. The van der Waals surface area contributed by atoms with E-state index in [1.807, 2.05) is 0 Å². The van der Waals surface area contributed by atoms with Crippen molar-refractivity contribution in [2.75, 3.05) is 6.54 Å². The van der Waals surface area contributed by atoms with Crippen LogP contribution in [0.5, 0.6) is 0 Å². The fraction of sp³-hybridized carbons (Fsp3) is 0.722. The maximum atomic E-state index is 4.53. The summed E-state index contributed by atoms with van der Waals surface area (Å²) in [6.07, 6.45) is 9.60. The molecule has 0 amide bonds. The molecular formula is C18H30N2. The third kappa shape index (κ3) is 4.31. The molecule has 2 heteroatoms. The molecule has 1 aliphatic carbocycles. The highest BCUT2D eigenvalue weighted by Gasteiger charge is 2.24. The average molecular weight is 274 g/mol. The molecule has 1 aromatic rings. The van der Waals surface area contributed by atoms with Crippen LogP contribution in [0.3, 0.4) is 0 Å². The van der Waals surface area contributed by atoms with Crippen LogP contribution < -0.4 is 5.32 Å². The van der Waals surface area contributed by atoms with Crippen LogP contribution in [-0.2, 0) is 0 Å². The minimum absolute atomic E-state index is 0.522. The van der Waals surface area contributed by atoms with Crippen LogP contribution >= 0.6 is 0 Å². The Labute approximate surface area is 124 Å². The highest BCUT2D eigenvalue weighted by Crippen LogP contribution is 2.34. The van der Waals surface area contributed by atoms with Gasteiger partial charge in [-0.2, -0.15) is 0 Å². The van der Waals surface area contributed by atoms with E-state index in [9.17, 15) is 0 Å². The van der Waals surface area contributed by atoms with E-state index in [1.165, 1.54) is 50.5 Å². The van der Waals surface area contributed by atoms with E-state index in [-0.39, 0.29) is 0 Å². The van der Waals surface area contributed by atoms with Gasteiger partial charge in [-0.1, -0.05) is 32.6 Å². The van der Waals surface area contributed by atoms with E-state index >= 15 is 0 Å². The number of nitrogens with one attached hydrogen (secondary N) is 1. The summed E-state index contributed by atoms with van der Waals surface area (Å²) in [5, 5.41) is 3.81. The quantitative estimate of drug-likeness (QED) is 0.787. The fourth-order valence-corrected chi connectivity index (χ4v) is 3.55. The first kappa shape index (κ1) is 15.5. The van der Waals surface area contributed by atoms with E-state index in [2.05, 4.69) is 43.2 Å². The molecule has 1 unspecified atom stereocenters. The summed E-state index contributed by atoms with van der Waals surface area (Å²) in [5.74, 6) is 0.797. The number of rotatable bonds is 5. The largest absolute Gasteiger partial charge is 0.310 e. The van der Waals surface area contributed by atoms with Gasteiger partial charge in [0, 0.05) is 17.4 Å². The Morgan fingerprint density at radius 1 is 1.10 bits per heavy atom. The SMILES string of the molecule is CCCNC(c1cc(C)nc(C)c1)C1CCCCCC1. The second kappa shape index (κ2) is 7.78. The van der Waals surface area contributed by atoms with E-state index in [4.69, 9.17) is 0 Å². The van der Waals surface area contributed by atoms with E-state index in [1.54, 1.807) is 0 Å². The third-order valence-corrected chi connectivity index (χ3v) is 4.45. The molecule has 20 heavy (non-hydrogen) atoms. The average Bonchev–Trinajstić information content (AvgIpc) is 2.67. The lowest BCUT2D eigenvalue weighted by Crippen LogP contribution is -2.29. The second-order valence-corrected chi connectivity index (χ2v) is 6.37. The van der Waals surface area contributed by atoms with Gasteiger partial charge in [0.1, 0.15) is 0 Å². The molecule has 0 bridgehead atoms. The minimum Gasteiger partial charge on any atom is -0.310 e. The maximum absolute atomic E-state index is 4.53. The first-order valence-corrected chi connectivity index (χ1v) is 8.39. The van der Waals surface area contributed by atoms with Crippen molar-refractivity contribution >= 4 is 0 Å². The molecule has 0 aliphatic heterocycles. The Balaban J connectivity index is 2.20. The molecule has 1 atom stereocenters. The van der Waals surface area contributed by atoms with Crippen molar-refractivity contribution in [2.24, 2.45) is 5.92 Å². The summed E-state index contributed by atoms with van der Waals surface area (Å²) in [5.41, 5.74) is 3.75. The first-order chi connectivity index (χ1) is 9.70. The normalized spacial score (nSPS) is 18.8. The lowest BCUT2D eigenvalue weighted by Gasteiger charge is -2.28. The van der Waals surface area contributed by atoms with Gasteiger partial charge in [0.15, 0.2) is 0 Å². The molecule has 1 N–H and O–H groups in total. The van der Waals surface area contributed by atoms with Gasteiger partial charge in [0.05, 0.1) is 0 Å². The Bertz CT molecular complexity index is 386. The van der Waals surface area contributed by atoms with Gasteiger partial charge in [-0.25, -0.2) is 0 Å². The summed E-state index contributed by atoms with van der Waals surface area (Å²) in [6.45, 7) is 7.59. The molecule has 1 saturated carbocycles. The molecule has 1 aromatic heterocycles. The molecular weight excluding hydrogens is 244 g/mol. The molecule has 1 aliphatic rings. The summed E-state index contributed by atoms with van der Waals surface area (Å²) < 4.78 is 0. The van der Waals surface area contributed by atoms with Crippen LogP contribution in [0.1, 0.15) is 74.9 Å². The van der Waals surface area contributed by atoms with E-state index in [0.29, 0.717) is 6.04 Å². The Morgan fingerprint density at radius 3 is 2.25 bits per heavy atom. The van der Waals surface area contributed by atoms with Crippen molar-refractivity contribution in [1.82, 2.24) is 10.3 Å². The molecule has 0 spiro atoms. The van der Waals surface area contributed by atoms with Gasteiger partial charge in [-0.05, 0) is 63.3 Å². The van der Waals surface area contributed by atoms with Crippen LogP contribution in [0.2, 0.25) is 0 Å². The van der Waals surface area contributed by atoms with Gasteiger partial charge in [-0.3, -0.25) is 4.98 Å². The van der Waals surface area contributed by atoms with E-state index < -0.39 is 0 Å². The van der Waals surface area contributed by atoms with Gasteiger partial charge < -0.3 is 5.32 Å². The number of aryl methyl sites for hydroxylation is 2. The van der Waals surface area contributed by atoms with Crippen LogP contribution in [0, 0.1) is 19.8 Å². The lowest BCUT2D eigenvalue weighted by atomic mass is 9.87. The number of hydrogen-bond donors (Lipinski definition) is 1. The highest BCUT2D eigenvalue weighted by atomic mass is 14.9. The fourth-order valence-electron chi connectivity index (χ4n) is 3.55. The van der Waals surface area contributed by atoms with Crippen LogP contribution in [0.15, 0.2) is 12.1 Å². The topological polar surface area (TPSA) is 24.9 Å². The van der Waals surface area contributed by atoms with Gasteiger partial charge in [-0.15, -0.1) is 0 Å². The van der Waals surface area contributed by atoms with Crippen molar-refractivity contribution in [3.05, 3.63) is 29.1 Å². The van der Waals surface area contributed by atoms with Crippen LogP contribution in [0.25, 0.3) is 0 Å². The van der Waals surface area contributed by atoms with E-state index in [0.717, 1.165) is 23.9 Å². The van der Waals surface area contributed by atoms with Gasteiger partial charge in [0.25, 0.3) is 0 Å². The number of hydrogen-bond acceptors (Lipinski definition) is 2. The zero-order valence-electron chi connectivity index (χ0n) is 13.4. The maximum Gasteiger partial charge on any atom is 0.0379 e. The smallest absolute Gasteiger partial charge is 0.0379 e. The lowest BCUT2D eigenvalue weighted by molar-refractivity contribution is 0.325. The standard InChI is InChI=1S/C18H30N2/c1-4-11-19-18(16-9-7-5-6-8-10-16)17-12-14(2)20-15(3)13-17/h12-13,16,18-19H,4-11H2,1-3H3. The highest BCUT2D eigenvalue weighted by molar-refractivity contribution is 5.24. The Morgan fingerprint density at radius 2 is 1.70 bits per heavy atom. The minimum atomic E-state index is 0.522. The predicted octanol–water partition coefficient (Wildman–Crippen LogP) is 4.71. The van der Waals surface area contributed by atoms with Gasteiger partial charge in [0.2, 0.25) is 0 Å². The number of nitrogens with zero attached hydrogens (tertiary/aromatic N) is 1. The predicted molar refractivity (Wildman–Crippen MR) is 85.9 cm³/mol. The van der Waals surface area contributed by atoms with Crippen LogP contribution in [0.4, 0.5) is 0 Å². The van der Waals surface area contributed by atoms with Crippen molar-refractivity contribution in [2.45, 2.75) is 71.8 Å². The van der Waals surface area contributed by atoms with Crippen molar-refractivity contribution in [1.29, 1.82) is 0 Å². The molecule has 1 heterocycles. The number of aromatic nitrogens is 1. The van der Waals surface area contributed by atoms with Crippen LogP contribution in [-0.4, -0.2) is 11.5 Å². The van der Waals surface area contributed by atoms with Crippen molar-refractivity contribution < 1.29 is 0 Å².